The molecule has 108 valence electrons. The topological polar surface area (TPSA) is 58.2 Å². The quantitative estimate of drug-likeness (QED) is 0.784. The Hall–Kier alpha value is -2.10. The molecule has 20 heavy (non-hydrogen) atoms. The largest absolute Gasteiger partial charge is 0.341 e. The SMILES string of the molecule is C=C(C)C(=O)N[C@@H](CC(C)C)C(=O)Nc1ccccc1. The van der Waals surface area contributed by atoms with E-state index in [9.17, 15) is 9.59 Å². The Morgan fingerprint density at radius 1 is 1.20 bits per heavy atom. The maximum atomic E-state index is 12.3. The minimum Gasteiger partial charge on any atom is -0.341 e. The van der Waals surface area contributed by atoms with Gasteiger partial charge in [-0.05, 0) is 31.4 Å². The average Bonchev–Trinajstić information content (AvgIpc) is 2.38. The Kier molecular flexibility index (Phi) is 5.97. The lowest BCUT2D eigenvalue weighted by molar-refractivity contribution is -0.124. The van der Waals surface area contributed by atoms with E-state index in [1.54, 1.807) is 6.92 Å². The van der Waals surface area contributed by atoms with Gasteiger partial charge in [-0.15, -0.1) is 0 Å². The number of nitrogens with one attached hydrogen (secondary N) is 2. The van der Waals surface area contributed by atoms with Crippen molar-refractivity contribution < 1.29 is 9.59 Å². The number of carbonyl (C=O) groups excluding carboxylic acids is 2. The van der Waals surface area contributed by atoms with Crippen molar-refractivity contribution in [2.45, 2.75) is 33.2 Å². The molecule has 1 aromatic carbocycles. The Balaban J connectivity index is 2.74. The summed E-state index contributed by atoms with van der Waals surface area (Å²) >= 11 is 0. The second kappa shape index (κ2) is 7.48. The molecule has 0 bridgehead atoms. The number of anilines is 1. The normalized spacial score (nSPS) is 11.8. The summed E-state index contributed by atoms with van der Waals surface area (Å²) in [6.45, 7) is 9.23. The zero-order valence-corrected chi connectivity index (χ0v) is 12.3. The van der Waals surface area contributed by atoms with Gasteiger partial charge in [-0.1, -0.05) is 38.6 Å². The molecule has 0 spiro atoms. The van der Waals surface area contributed by atoms with E-state index in [-0.39, 0.29) is 11.8 Å². The summed E-state index contributed by atoms with van der Waals surface area (Å²) in [6, 6.07) is 8.64. The van der Waals surface area contributed by atoms with Crippen molar-refractivity contribution in [3.63, 3.8) is 0 Å². The number of para-hydroxylation sites is 1. The first-order chi connectivity index (χ1) is 9.40. The van der Waals surface area contributed by atoms with Gasteiger partial charge in [0.2, 0.25) is 11.8 Å². The van der Waals surface area contributed by atoms with Crippen LogP contribution in [0.5, 0.6) is 0 Å². The Morgan fingerprint density at radius 2 is 1.80 bits per heavy atom. The van der Waals surface area contributed by atoms with Crippen LogP contribution < -0.4 is 10.6 Å². The summed E-state index contributed by atoms with van der Waals surface area (Å²) < 4.78 is 0. The fourth-order valence-corrected chi connectivity index (χ4v) is 1.74. The van der Waals surface area contributed by atoms with Crippen molar-refractivity contribution in [1.29, 1.82) is 0 Å². The van der Waals surface area contributed by atoms with E-state index in [2.05, 4.69) is 17.2 Å². The van der Waals surface area contributed by atoms with Crippen molar-refractivity contribution >= 4 is 17.5 Å². The lowest BCUT2D eigenvalue weighted by atomic mass is 10.0. The molecule has 0 heterocycles. The Morgan fingerprint density at radius 3 is 2.30 bits per heavy atom. The zero-order valence-electron chi connectivity index (χ0n) is 12.3. The van der Waals surface area contributed by atoms with Crippen LogP contribution in [0, 0.1) is 5.92 Å². The van der Waals surface area contributed by atoms with E-state index in [1.165, 1.54) is 0 Å². The summed E-state index contributed by atoms with van der Waals surface area (Å²) in [7, 11) is 0. The summed E-state index contributed by atoms with van der Waals surface area (Å²) in [4.78, 5) is 24.0. The van der Waals surface area contributed by atoms with E-state index in [0.29, 0.717) is 17.9 Å². The molecule has 1 aromatic rings. The molecule has 2 amide bonds. The minimum absolute atomic E-state index is 0.209. The molecule has 0 aromatic heterocycles. The van der Waals surface area contributed by atoms with Gasteiger partial charge in [0.15, 0.2) is 0 Å². The number of carbonyl (C=O) groups is 2. The molecular weight excluding hydrogens is 252 g/mol. The smallest absolute Gasteiger partial charge is 0.246 e. The molecule has 0 unspecified atom stereocenters. The first-order valence-corrected chi connectivity index (χ1v) is 6.72. The van der Waals surface area contributed by atoms with Crippen molar-refractivity contribution in [1.82, 2.24) is 5.32 Å². The van der Waals surface area contributed by atoms with Gasteiger partial charge in [-0.25, -0.2) is 0 Å². The molecule has 0 saturated carbocycles. The summed E-state index contributed by atoms with van der Waals surface area (Å²) in [5.74, 6) is -0.203. The molecule has 2 N–H and O–H groups in total. The van der Waals surface area contributed by atoms with Crippen LogP contribution in [0.3, 0.4) is 0 Å². The fraction of sp³-hybridized carbons (Fsp3) is 0.375. The van der Waals surface area contributed by atoms with Crippen LogP contribution in [0.2, 0.25) is 0 Å². The summed E-state index contributed by atoms with van der Waals surface area (Å²) in [6.07, 6.45) is 0.581. The zero-order chi connectivity index (χ0) is 15.1. The van der Waals surface area contributed by atoms with Crippen LogP contribution in [0.4, 0.5) is 5.69 Å². The van der Waals surface area contributed by atoms with Crippen molar-refractivity contribution in [3.8, 4) is 0 Å². The van der Waals surface area contributed by atoms with Crippen molar-refractivity contribution in [3.05, 3.63) is 42.5 Å². The van der Waals surface area contributed by atoms with Gasteiger partial charge in [0.1, 0.15) is 6.04 Å². The summed E-state index contributed by atoms with van der Waals surface area (Å²) in [5, 5.41) is 5.53. The maximum absolute atomic E-state index is 12.3. The molecule has 0 aliphatic heterocycles. The second-order valence-corrected chi connectivity index (χ2v) is 5.29. The van der Waals surface area contributed by atoms with E-state index >= 15 is 0 Å². The van der Waals surface area contributed by atoms with Gasteiger partial charge in [0, 0.05) is 11.3 Å². The molecule has 4 nitrogen and oxygen atoms in total. The van der Waals surface area contributed by atoms with Crippen LogP contribution in [-0.4, -0.2) is 17.9 Å². The highest BCUT2D eigenvalue weighted by Gasteiger charge is 2.22. The molecule has 1 atom stereocenters. The highest BCUT2D eigenvalue weighted by Crippen LogP contribution is 2.10. The van der Waals surface area contributed by atoms with E-state index in [4.69, 9.17) is 0 Å². The van der Waals surface area contributed by atoms with Crippen LogP contribution in [-0.2, 0) is 9.59 Å². The molecule has 0 radical (unpaired) electrons. The second-order valence-electron chi connectivity index (χ2n) is 5.29. The van der Waals surface area contributed by atoms with Gasteiger partial charge in [-0.3, -0.25) is 9.59 Å². The maximum Gasteiger partial charge on any atom is 0.246 e. The summed E-state index contributed by atoms with van der Waals surface area (Å²) in [5.41, 5.74) is 1.11. The molecule has 4 heteroatoms. The first kappa shape index (κ1) is 16.0. The third-order valence-corrected chi connectivity index (χ3v) is 2.76. The van der Waals surface area contributed by atoms with Crippen LogP contribution >= 0.6 is 0 Å². The lowest BCUT2D eigenvalue weighted by Crippen LogP contribution is -2.44. The Bertz CT molecular complexity index is 481. The van der Waals surface area contributed by atoms with Crippen LogP contribution in [0.1, 0.15) is 27.2 Å². The van der Waals surface area contributed by atoms with Gasteiger partial charge >= 0.3 is 0 Å². The molecule has 0 fully saturated rings. The number of hydrogen-bond donors (Lipinski definition) is 2. The highest BCUT2D eigenvalue weighted by atomic mass is 16.2. The first-order valence-electron chi connectivity index (χ1n) is 6.72. The minimum atomic E-state index is -0.556. The van der Waals surface area contributed by atoms with Crippen LogP contribution in [0.15, 0.2) is 42.5 Å². The number of rotatable bonds is 6. The molecule has 1 rings (SSSR count). The molecular formula is C16H22N2O2. The average molecular weight is 274 g/mol. The third kappa shape index (κ3) is 5.26. The van der Waals surface area contributed by atoms with Crippen molar-refractivity contribution in [2.24, 2.45) is 5.92 Å². The van der Waals surface area contributed by atoms with E-state index < -0.39 is 6.04 Å². The van der Waals surface area contributed by atoms with Gasteiger partial charge < -0.3 is 10.6 Å². The molecule has 0 aliphatic rings. The predicted octanol–water partition coefficient (Wildman–Crippen LogP) is 2.73. The van der Waals surface area contributed by atoms with E-state index in [1.807, 2.05) is 44.2 Å². The predicted molar refractivity (Wildman–Crippen MR) is 81.3 cm³/mol. The third-order valence-electron chi connectivity index (χ3n) is 2.76. The van der Waals surface area contributed by atoms with E-state index in [0.717, 1.165) is 5.69 Å². The van der Waals surface area contributed by atoms with Crippen LogP contribution in [0.25, 0.3) is 0 Å². The monoisotopic (exact) mass is 274 g/mol. The standard InChI is InChI=1S/C16H22N2O2/c1-11(2)10-14(18-15(19)12(3)4)16(20)17-13-8-6-5-7-9-13/h5-9,11,14H,3,10H2,1-2,4H3,(H,17,20)(H,18,19)/t14-/m0/s1. The Labute approximate surface area is 120 Å². The fourth-order valence-electron chi connectivity index (χ4n) is 1.74. The number of hydrogen-bond acceptors (Lipinski definition) is 2. The van der Waals surface area contributed by atoms with Gasteiger partial charge in [0.05, 0.1) is 0 Å². The number of benzene rings is 1. The number of amides is 2. The van der Waals surface area contributed by atoms with Gasteiger partial charge in [0.25, 0.3) is 0 Å². The molecule has 0 aliphatic carbocycles. The van der Waals surface area contributed by atoms with Crippen molar-refractivity contribution in [2.75, 3.05) is 5.32 Å². The molecule has 0 saturated heterocycles. The lowest BCUT2D eigenvalue weighted by Gasteiger charge is -2.20. The van der Waals surface area contributed by atoms with Gasteiger partial charge in [-0.2, -0.15) is 0 Å². The highest BCUT2D eigenvalue weighted by molar-refractivity contribution is 6.00.